The fraction of sp³-hybridized carbons (Fsp3) is 0.600. The molecule has 9 heteroatoms. The Labute approximate surface area is 170 Å². The first-order valence-electron chi connectivity index (χ1n) is 9.93. The van der Waals surface area contributed by atoms with Gasteiger partial charge in [0.1, 0.15) is 11.9 Å². The first-order valence-corrected chi connectivity index (χ1v) is 11.5. The number of hydrogen-bond donors (Lipinski definition) is 0. The summed E-state index contributed by atoms with van der Waals surface area (Å²) < 4.78 is 44.7. The molecule has 160 valence electrons. The number of ether oxygens (including phenoxy) is 1. The van der Waals surface area contributed by atoms with Crippen LogP contribution in [-0.4, -0.2) is 56.0 Å². The van der Waals surface area contributed by atoms with Crippen molar-refractivity contribution in [2.45, 2.75) is 45.6 Å². The van der Waals surface area contributed by atoms with E-state index in [1.54, 1.807) is 26.0 Å². The Balaban J connectivity index is 1.76. The predicted molar refractivity (Wildman–Crippen MR) is 106 cm³/mol. The van der Waals surface area contributed by atoms with Crippen LogP contribution < -0.4 is 0 Å². The summed E-state index contributed by atoms with van der Waals surface area (Å²) in [6.07, 6.45) is 1.52. The van der Waals surface area contributed by atoms with Gasteiger partial charge < -0.3 is 9.57 Å². The topological polar surface area (TPSA) is 85.3 Å². The van der Waals surface area contributed by atoms with E-state index in [4.69, 9.17) is 9.57 Å². The highest BCUT2D eigenvalue weighted by atomic mass is 32.2. The van der Waals surface area contributed by atoms with Crippen molar-refractivity contribution in [3.05, 3.63) is 35.6 Å². The summed E-state index contributed by atoms with van der Waals surface area (Å²) >= 11 is 0. The van der Waals surface area contributed by atoms with Crippen molar-refractivity contribution < 1.29 is 27.2 Å². The van der Waals surface area contributed by atoms with Crippen molar-refractivity contribution >= 4 is 21.7 Å². The van der Waals surface area contributed by atoms with Gasteiger partial charge in [-0.2, -0.15) is 0 Å². The van der Waals surface area contributed by atoms with E-state index in [0.717, 1.165) is 5.56 Å². The molecule has 0 aliphatic carbocycles. The number of esters is 1. The largest absolute Gasteiger partial charge is 0.466 e. The highest BCUT2D eigenvalue weighted by Gasteiger charge is 2.48. The predicted octanol–water partition coefficient (Wildman–Crippen LogP) is 2.70. The van der Waals surface area contributed by atoms with E-state index in [2.05, 4.69) is 5.16 Å². The molecule has 2 unspecified atom stereocenters. The van der Waals surface area contributed by atoms with E-state index in [0.29, 0.717) is 37.9 Å². The van der Waals surface area contributed by atoms with Gasteiger partial charge in [0, 0.05) is 25.9 Å². The summed E-state index contributed by atoms with van der Waals surface area (Å²) in [7, 11) is -3.41. The molecule has 2 heterocycles. The fourth-order valence-corrected chi connectivity index (χ4v) is 5.21. The zero-order valence-electron chi connectivity index (χ0n) is 16.8. The second-order valence-corrected chi connectivity index (χ2v) is 9.78. The van der Waals surface area contributed by atoms with Crippen LogP contribution in [0, 0.1) is 11.2 Å². The van der Waals surface area contributed by atoms with Gasteiger partial charge in [-0.3, -0.25) is 4.79 Å². The normalized spacial score (nSPS) is 25.3. The molecule has 0 saturated carbocycles. The molecule has 1 aromatic rings. The monoisotopic (exact) mass is 426 g/mol. The van der Waals surface area contributed by atoms with Gasteiger partial charge in [0.25, 0.3) is 0 Å². The van der Waals surface area contributed by atoms with Gasteiger partial charge in [-0.15, -0.1) is 0 Å². The standard InChI is InChI=1S/C20H27FN2O5S/c1-3-27-19(24)20(10-5-11-23(14-20)29(25,26)4-2)13-17-12-18(22-28-17)15-6-8-16(21)9-7-15/h6-9,17H,3-5,10-14H2,1-2H3. The molecule has 7 nitrogen and oxygen atoms in total. The van der Waals surface area contributed by atoms with E-state index in [9.17, 15) is 17.6 Å². The molecule has 0 aromatic heterocycles. The molecule has 1 aromatic carbocycles. The van der Waals surface area contributed by atoms with E-state index in [1.165, 1.54) is 16.4 Å². The third-order valence-electron chi connectivity index (χ3n) is 5.54. The van der Waals surface area contributed by atoms with Gasteiger partial charge in [0.2, 0.25) is 10.0 Å². The lowest BCUT2D eigenvalue weighted by molar-refractivity contribution is -0.160. The molecular weight excluding hydrogens is 399 g/mol. The quantitative estimate of drug-likeness (QED) is 0.626. The zero-order chi connectivity index (χ0) is 21.1. The molecule has 1 saturated heterocycles. The maximum Gasteiger partial charge on any atom is 0.313 e. The van der Waals surface area contributed by atoms with Gasteiger partial charge in [0.05, 0.1) is 23.5 Å². The summed E-state index contributed by atoms with van der Waals surface area (Å²) in [5.41, 5.74) is 0.482. The molecule has 1 fully saturated rings. The molecule has 0 amide bonds. The van der Waals surface area contributed by atoms with Crippen molar-refractivity contribution in [3.63, 3.8) is 0 Å². The molecule has 2 atom stereocenters. The minimum atomic E-state index is -3.41. The SMILES string of the molecule is CCOC(=O)C1(CC2CC(c3ccc(F)cc3)=NO2)CCCN(S(=O)(=O)CC)C1. The van der Waals surface area contributed by atoms with Crippen LogP contribution in [-0.2, 0) is 24.4 Å². The van der Waals surface area contributed by atoms with Crippen LogP contribution in [0.1, 0.15) is 45.1 Å². The Hall–Kier alpha value is -2.00. The van der Waals surface area contributed by atoms with Gasteiger partial charge in [-0.1, -0.05) is 17.3 Å². The molecule has 3 rings (SSSR count). The Morgan fingerprint density at radius 1 is 1.34 bits per heavy atom. The smallest absolute Gasteiger partial charge is 0.313 e. The van der Waals surface area contributed by atoms with Gasteiger partial charge in [0.15, 0.2) is 0 Å². The number of oxime groups is 1. The van der Waals surface area contributed by atoms with Crippen molar-refractivity contribution in [2.75, 3.05) is 25.4 Å². The summed E-state index contributed by atoms with van der Waals surface area (Å²) in [6, 6.07) is 5.99. The number of benzene rings is 1. The second kappa shape index (κ2) is 8.79. The van der Waals surface area contributed by atoms with Crippen molar-refractivity contribution in [1.29, 1.82) is 0 Å². The maximum absolute atomic E-state index is 13.2. The highest BCUT2D eigenvalue weighted by Crippen LogP contribution is 2.39. The number of hydrogen-bond acceptors (Lipinski definition) is 6. The minimum Gasteiger partial charge on any atom is -0.466 e. The highest BCUT2D eigenvalue weighted by molar-refractivity contribution is 7.89. The third-order valence-corrected chi connectivity index (χ3v) is 7.37. The number of sulfonamides is 1. The van der Waals surface area contributed by atoms with Crippen LogP contribution in [0.4, 0.5) is 4.39 Å². The average Bonchev–Trinajstić information content (AvgIpc) is 3.17. The Morgan fingerprint density at radius 3 is 2.72 bits per heavy atom. The van der Waals surface area contributed by atoms with Gasteiger partial charge in [-0.25, -0.2) is 17.1 Å². The molecule has 0 spiro atoms. The summed E-state index contributed by atoms with van der Waals surface area (Å²) in [4.78, 5) is 18.5. The lowest BCUT2D eigenvalue weighted by Gasteiger charge is -2.40. The van der Waals surface area contributed by atoms with Crippen LogP contribution in [0.3, 0.4) is 0 Å². The lowest BCUT2D eigenvalue weighted by atomic mass is 9.75. The molecule has 2 aliphatic rings. The Kier molecular flexibility index (Phi) is 6.58. The average molecular weight is 427 g/mol. The van der Waals surface area contributed by atoms with E-state index in [-0.39, 0.29) is 30.8 Å². The van der Waals surface area contributed by atoms with Gasteiger partial charge >= 0.3 is 5.97 Å². The van der Waals surface area contributed by atoms with Crippen LogP contribution >= 0.6 is 0 Å². The number of carbonyl (C=O) groups excluding carboxylic acids is 1. The Bertz CT molecular complexity index is 871. The van der Waals surface area contributed by atoms with Crippen molar-refractivity contribution in [2.24, 2.45) is 10.6 Å². The number of piperidine rings is 1. The van der Waals surface area contributed by atoms with Crippen LogP contribution in [0.15, 0.2) is 29.4 Å². The summed E-state index contributed by atoms with van der Waals surface area (Å²) in [5.74, 6) is -0.732. The lowest BCUT2D eigenvalue weighted by Crippen LogP contribution is -2.52. The number of nitrogens with zero attached hydrogens (tertiary/aromatic N) is 2. The zero-order valence-corrected chi connectivity index (χ0v) is 17.6. The van der Waals surface area contributed by atoms with Crippen molar-refractivity contribution in [3.8, 4) is 0 Å². The first-order chi connectivity index (χ1) is 13.8. The van der Waals surface area contributed by atoms with Crippen molar-refractivity contribution in [1.82, 2.24) is 4.31 Å². The summed E-state index contributed by atoms with van der Waals surface area (Å²) in [5, 5.41) is 4.11. The third kappa shape index (κ3) is 4.78. The molecular formula is C20H27FN2O5S. The maximum atomic E-state index is 13.2. The van der Waals surface area contributed by atoms with Crippen LogP contribution in [0.2, 0.25) is 0 Å². The first kappa shape index (κ1) is 21.7. The fourth-order valence-electron chi connectivity index (χ4n) is 4.00. The van der Waals surface area contributed by atoms with E-state index < -0.39 is 21.4 Å². The minimum absolute atomic E-state index is 0.0103. The van der Waals surface area contributed by atoms with E-state index >= 15 is 0 Å². The van der Waals surface area contributed by atoms with Crippen LogP contribution in [0.5, 0.6) is 0 Å². The van der Waals surface area contributed by atoms with Gasteiger partial charge in [-0.05, 0) is 44.4 Å². The summed E-state index contributed by atoms with van der Waals surface area (Å²) in [6.45, 7) is 4.05. The molecule has 0 radical (unpaired) electrons. The number of halogens is 1. The second-order valence-electron chi connectivity index (χ2n) is 7.52. The number of carbonyl (C=O) groups is 1. The Morgan fingerprint density at radius 2 is 2.07 bits per heavy atom. The molecule has 2 aliphatic heterocycles. The number of rotatable bonds is 7. The van der Waals surface area contributed by atoms with Crippen LogP contribution in [0.25, 0.3) is 0 Å². The molecule has 0 bridgehead atoms. The molecule has 29 heavy (non-hydrogen) atoms. The van der Waals surface area contributed by atoms with E-state index in [1.807, 2.05) is 0 Å². The molecule has 0 N–H and O–H groups in total.